The molecule has 1 aliphatic heterocycles. The third-order valence-electron chi connectivity index (χ3n) is 4.32. The predicted molar refractivity (Wildman–Crippen MR) is 95.4 cm³/mol. The minimum Gasteiger partial charge on any atom is -0.473 e. The summed E-state index contributed by atoms with van der Waals surface area (Å²) in [6.07, 6.45) is 5.69. The highest BCUT2D eigenvalue weighted by molar-refractivity contribution is 6.27. The Morgan fingerprint density at radius 2 is 1.73 bits per heavy atom. The summed E-state index contributed by atoms with van der Waals surface area (Å²) in [5.41, 5.74) is 1.25. The molecule has 0 saturated carbocycles. The van der Waals surface area contributed by atoms with Crippen molar-refractivity contribution >= 4 is 17.8 Å². The van der Waals surface area contributed by atoms with Crippen molar-refractivity contribution in [1.82, 2.24) is 14.8 Å². The summed E-state index contributed by atoms with van der Waals surface area (Å²) in [4.78, 5) is 39.1. The van der Waals surface area contributed by atoms with Gasteiger partial charge < -0.3 is 15.1 Å². The van der Waals surface area contributed by atoms with Crippen LogP contribution in [0.5, 0.6) is 0 Å². The molecule has 1 aliphatic rings. The van der Waals surface area contributed by atoms with Crippen LogP contribution in [0.2, 0.25) is 0 Å². The smallest absolute Gasteiger partial charge is 0.414 e. The molecule has 0 unspecified atom stereocenters. The zero-order chi connectivity index (χ0) is 19.5. The molecule has 1 aromatic rings. The van der Waals surface area contributed by atoms with Gasteiger partial charge in [-0.15, -0.1) is 0 Å². The molecule has 1 amide bonds. The third-order valence-corrected chi connectivity index (χ3v) is 4.32. The summed E-state index contributed by atoms with van der Waals surface area (Å²) in [5.74, 6) is -3.08. The molecule has 1 aromatic heterocycles. The molecule has 0 radical (unpaired) electrons. The average molecular weight is 365 g/mol. The Kier molecular flexibility index (Phi) is 9.29. The molecule has 0 atom stereocenters. The number of amides is 1. The van der Waals surface area contributed by atoms with Gasteiger partial charge in [0.25, 0.3) is 0 Å². The molecule has 8 heteroatoms. The van der Waals surface area contributed by atoms with E-state index >= 15 is 0 Å². The van der Waals surface area contributed by atoms with Gasteiger partial charge in [-0.1, -0.05) is 6.07 Å². The van der Waals surface area contributed by atoms with E-state index in [1.54, 1.807) is 6.20 Å². The molecular formula is C18H27N3O5. The number of pyridine rings is 1. The lowest BCUT2D eigenvalue weighted by Gasteiger charge is -2.33. The second-order valence-corrected chi connectivity index (χ2v) is 6.03. The molecule has 8 nitrogen and oxygen atoms in total. The van der Waals surface area contributed by atoms with E-state index in [1.165, 1.54) is 5.56 Å². The lowest BCUT2D eigenvalue weighted by atomic mass is 9.95. The van der Waals surface area contributed by atoms with E-state index in [1.807, 2.05) is 17.2 Å². The Bertz CT molecular complexity index is 570. The van der Waals surface area contributed by atoms with Gasteiger partial charge in [0, 0.05) is 37.9 Å². The monoisotopic (exact) mass is 365 g/mol. The fourth-order valence-electron chi connectivity index (χ4n) is 2.88. The Balaban J connectivity index is 0.000000487. The van der Waals surface area contributed by atoms with Crippen LogP contribution in [-0.2, 0) is 20.9 Å². The first-order valence-corrected chi connectivity index (χ1v) is 8.75. The van der Waals surface area contributed by atoms with Gasteiger partial charge in [-0.05, 0) is 51.4 Å². The maximum Gasteiger partial charge on any atom is 0.414 e. The highest BCUT2D eigenvalue weighted by Crippen LogP contribution is 2.21. The Labute approximate surface area is 153 Å². The number of carbonyl (C=O) groups is 3. The predicted octanol–water partition coefficient (Wildman–Crippen LogP) is 1.32. The minimum atomic E-state index is -1.82. The zero-order valence-corrected chi connectivity index (χ0v) is 15.3. The van der Waals surface area contributed by atoms with Crippen LogP contribution in [0.4, 0.5) is 0 Å². The Morgan fingerprint density at radius 3 is 2.15 bits per heavy atom. The van der Waals surface area contributed by atoms with Crippen molar-refractivity contribution in [2.75, 3.05) is 26.2 Å². The van der Waals surface area contributed by atoms with E-state index in [9.17, 15) is 4.79 Å². The molecule has 0 bridgehead atoms. The number of carbonyl (C=O) groups excluding carboxylic acids is 1. The van der Waals surface area contributed by atoms with Crippen molar-refractivity contribution in [2.24, 2.45) is 5.92 Å². The number of aliphatic carboxylic acids is 2. The molecule has 2 heterocycles. The van der Waals surface area contributed by atoms with Gasteiger partial charge in [-0.25, -0.2) is 9.59 Å². The van der Waals surface area contributed by atoms with Gasteiger partial charge in [-0.3, -0.25) is 14.7 Å². The topological polar surface area (TPSA) is 111 Å². The molecule has 1 saturated heterocycles. The summed E-state index contributed by atoms with van der Waals surface area (Å²) in [7, 11) is 0. The second-order valence-electron chi connectivity index (χ2n) is 6.03. The molecule has 26 heavy (non-hydrogen) atoms. The normalized spacial score (nSPS) is 14.8. The van der Waals surface area contributed by atoms with Crippen LogP contribution >= 0.6 is 0 Å². The SMILES string of the molecule is CCN(CC)C(=O)C1CCN(Cc2cccnc2)CC1.O=C(O)C(=O)O. The van der Waals surface area contributed by atoms with Crippen molar-refractivity contribution in [3.05, 3.63) is 30.1 Å². The van der Waals surface area contributed by atoms with Crippen LogP contribution in [0.25, 0.3) is 0 Å². The zero-order valence-electron chi connectivity index (χ0n) is 15.3. The quantitative estimate of drug-likeness (QED) is 0.757. The molecule has 0 aromatic carbocycles. The lowest BCUT2D eigenvalue weighted by molar-refractivity contribution is -0.159. The number of hydrogen-bond acceptors (Lipinski definition) is 5. The molecule has 2 N–H and O–H groups in total. The van der Waals surface area contributed by atoms with Crippen LogP contribution in [0.1, 0.15) is 32.3 Å². The van der Waals surface area contributed by atoms with Crippen molar-refractivity contribution in [3.63, 3.8) is 0 Å². The van der Waals surface area contributed by atoms with Crippen LogP contribution in [0.15, 0.2) is 24.5 Å². The number of rotatable bonds is 5. The van der Waals surface area contributed by atoms with Crippen LogP contribution in [0, 0.1) is 5.92 Å². The molecule has 2 rings (SSSR count). The van der Waals surface area contributed by atoms with Crippen molar-refractivity contribution in [1.29, 1.82) is 0 Å². The van der Waals surface area contributed by atoms with Crippen LogP contribution in [0.3, 0.4) is 0 Å². The first kappa shape index (κ1) is 21.6. The second kappa shape index (κ2) is 11.2. The summed E-state index contributed by atoms with van der Waals surface area (Å²) >= 11 is 0. The summed E-state index contributed by atoms with van der Waals surface area (Å²) < 4.78 is 0. The highest BCUT2D eigenvalue weighted by atomic mass is 16.4. The fourth-order valence-corrected chi connectivity index (χ4v) is 2.88. The molecule has 144 valence electrons. The first-order valence-electron chi connectivity index (χ1n) is 8.75. The number of likely N-dealkylation sites (tertiary alicyclic amines) is 1. The molecular weight excluding hydrogens is 338 g/mol. The van der Waals surface area contributed by atoms with Crippen molar-refractivity contribution in [2.45, 2.75) is 33.2 Å². The number of nitrogens with zero attached hydrogens (tertiary/aromatic N) is 3. The van der Waals surface area contributed by atoms with Gasteiger partial charge in [0.05, 0.1) is 0 Å². The van der Waals surface area contributed by atoms with Gasteiger partial charge >= 0.3 is 11.9 Å². The number of aromatic nitrogens is 1. The number of carboxylic acid groups (broad SMARTS) is 2. The van der Waals surface area contributed by atoms with E-state index in [0.717, 1.165) is 45.6 Å². The van der Waals surface area contributed by atoms with E-state index in [4.69, 9.17) is 19.8 Å². The lowest BCUT2D eigenvalue weighted by Crippen LogP contribution is -2.42. The van der Waals surface area contributed by atoms with Gasteiger partial charge in [0.2, 0.25) is 5.91 Å². The van der Waals surface area contributed by atoms with E-state index in [0.29, 0.717) is 5.91 Å². The van der Waals surface area contributed by atoms with Crippen LogP contribution in [-0.4, -0.2) is 69.0 Å². The number of hydrogen-bond donors (Lipinski definition) is 2. The summed E-state index contributed by atoms with van der Waals surface area (Å²) in [5, 5.41) is 14.8. The Morgan fingerprint density at radius 1 is 1.15 bits per heavy atom. The van der Waals surface area contributed by atoms with Gasteiger partial charge in [-0.2, -0.15) is 0 Å². The third kappa shape index (κ3) is 7.18. The standard InChI is InChI=1S/C16H25N3O.C2H2O4/c1-3-19(4-2)16(20)15-7-10-18(11-8-15)13-14-6-5-9-17-12-14;3-1(4)2(5)6/h5-6,9,12,15H,3-4,7-8,10-11,13H2,1-2H3;(H,3,4)(H,5,6). The van der Waals surface area contributed by atoms with Crippen LogP contribution < -0.4 is 0 Å². The number of carboxylic acids is 2. The van der Waals surface area contributed by atoms with E-state index in [-0.39, 0.29) is 5.92 Å². The van der Waals surface area contributed by atoms with Gasteiger partial charge in [0.15, 0.2) is 0 Å². The van der Waals surface area contributed by atoms with E-state index < -0.39 is 11.9 Å². The minimum absolute atomic E-state index is 0.222. The maximum atomic E-state index is 12.3. The van der Waals surface area contributed by atoms with Gasteiger partial charge in [0.1, 0.15) is 0 Å². The largest absolute Gasteiger partial charge is 0.473 e. The molecule has 0 aliphatic carbocycles. The first-order chi connectivity index (χ1) is 12.4. The maximum absolute atomic E-state index is 12.3. The van der Waals surface area contributed by atoms with Crippen molar-refractivity contribution in [3.8, 4) is 0 Å². The van der Waals surface area contributed by atoms with Crippen molar-refractivity contribution < 1.29 is 24.6 Å². The molecule has 0 spiro atoms. The van der Waals surface area contributed by atoms with E-state index in [2.05, 4.69) is 29.8 Å². The Hall–Kier alpha value is -2.48. The molecule has 1 fully saturated rings. The fraction of sp³-hybridized carbons (Fsp3) is 0.556. The number of piperidine rings is 1. The highest BCUT2D eigenvalue weighted by Gasteiger charge is 2.27. The average Bonchev–Trinajstić information content (AvgIpc) is 2.64. The summed E-state index contributed by atoms with van der Waals surface area (Å²) in [6, 6.07) is 4.09. The summed E-state index contributed by atoms with van der Waals surface area (Å²) in [6.45, 7) is 8.72.